The highest BCUT2D eigenvalue weighted by molar-refractivity contribution is 6.01. The number of halogens is 1. The molecule has 3 rings (SSSR count). The minimum atomic E-state index is -0.167. The van der Waals surface area contributed by atoms with Gasteiger partial charge >= 0.3 is 0 Å². The number of ketones is 1. The van der Waals surface area contributed by atoms with Crippen molar-refractivity contribution in [2.45, 2.75) is 53.1 Å². The molecule has 25 heavy (non-hydrogen) atoms. The maximum absolute atomic E-state index is 12.8. The number of hydrogen-bond acceptors (Lipinski definition) is 4. The van der Waals surface area contributed by atoms with Gasteiger partial charge in [-0.2, -0.15) is 0 Å². The van der Waals surface area contributed by atoms with Crippen molar-refractivity contribution in [3.05, 3.63) is 22.5 Å². The van der Waals surface area contributed by atoms with Crippen LogP contribution in [0.25, 0.3) is 0 Å². The summed E-state index contributed by atoms with van der Waals surface area (Å²) in [6, 6.07) is 0. The zero-order chi connectivity index (χ0) is 17.7. The zero-order valence-corrected chi connectivity index (χ0v) is 16.7. The molecule has 1 unspecified atom stereocenters. The van der Waals surface area contributed by atoms with Crippen LogP contribution in [0, 0.1) is 12.8 Å². The van der Waals surface area contributed by atoms with E-state index in [1.807, 2.05) is 0 Å². The number of morpholine rings is 1. The summed E-state index contributed by atoms with van der Waals surface area (Å²) in [5, 5.41) is 8.06. The Balaban J connectivity index is 0.000000568. The fourth-order valence-electron chi connectivity index (χ4n) is 3.58. The lowest BCUT2D eigenvalue weighted by Gasteiger charge is -2.31. The topological polar surface area (TPSA) is 65.6 Å². The molecule has 0 radical (unpaired) electrons. The third kappa shape index (κ3) is 5.81. The van der Waals surface area contributed by atoms with Crippen LogP contribution in [0.2, 0.25) is 0 Å². The first-order valence-electron chi connectivity index (χ1n) is 9.16. The van der Waals surface area contributed by atoms with Crippen molar-refractivity contribution in [3.8, 4) is 0 Å². The van der Waals surface area contributed by atoms with E-state index in [9.17, 15) is 4.79 Å². The molecule has 144 valence electrons. The highest BCUT2D eigenvalue weighted by Gasteiger charge is 2.32. The van der Waals surface area contributed by atoms with Crippen molar-refractivity contribution in [2.75, 3.05) is 32.8 Å². The largest absolute Gasteiger partial charge is 0.394 e. The van der Waals surface area contributed by atoms with Crippen molar-refractivity contribution in [1.82, 2.24) is 9.88 Å². The van der Waals surface area contributed by atoms with Gasteiger partial charge in [-0.1, -0.05) is 6.92 Å². The van der Waals surface area contributed by atoms with E-state index < -0.39 is 0 Å². The third-order valence-electron chi connectivity index (χ3n) is 4.69. The number of aromatic amines is 1. The van der Waals surface area contributed by atoms with Gasteiger partial charge in [0.2, 0.25) is 0 Å². The van der Waals surface area contributed by atoms with E-state index in [0.29, 0.717) is 5.78 Å². The molecule has 0 aromatic carbocycles. The average molecular weight is 373 g/mol. The van der Waals surface area contributed by atoms with Crippen LogP contribution in [0.5, 0.6) is 0 Å². The summed E-state index contributed by atoms with van der Waals surface area (Å²) in [5.41, 5.74) is 4.59. The van der Waals surface area contributed by atoms with E-state index in [0.717, 1.165) is 57.7 Å². The van der Waals surface area contributed by atoms with Crippen LogP contribution in [0.1, 0.15) is 54.5 Å². The van der Waals surface area contributed by atoms with Gasteiger partial charge in [-0.3, -0.25) is 9.69 Å². The molecule has 1 fully saturated rings. The molecule has 2 N–H and O–H groups in total. The smallest absolute Gasteiger partial charge is 0.169 e. The SMILES string of the molecule is CC(C)O.CCc1c(C)[nH]c2c1C(=O)C(CN1CCOCC1)CC2.Cl. The van der Waals surface area contributed by atoms with E-state index in [4.69, 9.17) is 9.84 Å². The van der Waals surface area contributed by atoms with E-state index in [2.05, 4.69) is 23.7 Å². The van der Waals surface area contributed by atoms with Gasteiger partial charge in [-0.25, -0.2) is 0 Å². The number of aliphatic hydroxyl groups is 1. The van der Waals surface area contributed by atoms with Crippen LogP contribution < -0.4 is 0 Å². The van der Waals surface area contributed by atoms with Gasteiger partial charge in [0.05, 0.1) is 13.2 Å². The summed E-state index contributed by atoms with van der Waals surface area (Å²) in [6.07, 6.45) is 2.76. The third-order valence-corrected chi connectivity index (χ3v) is 4.69. The number of hydrogen-bond donors (Lipinski definition) is 2. The molecule has 0 spiro atoms. The van der Waals surface area contributed by atoms with Gasteiger partial charge in [0.25, 0.3) is 0 Å². The second kappa shape index (κ2) is 10.3. The van der Waals surface area contributed by atoms with Gasteiger partial charge < -0.3 is 14.8 Å². The number of Topliss-reactive ketones (excluding diaryl/α,β-unsaturated/α-hetero) is 1. The predicted molar refractivity (Wildman–Crippen MR) is 103 cm³/mol. The highest BCUT2D eigenvalue weighted by Crippen LogP contribution is 2.30. The number of nitrogens with zero attached hydrogens (tertiary/aromatic N) is 1. The van der Waals surface area contributed by atoms with E-state index in [1.54, 1.807) is 13.8 Å². The number of carbonyl (C=O) groups is 1. The number of aromatic nitrogens is 1. The predicted octanol–water partition coefficient (Wildman–Crippen LogP) is 2.77. The molecule has 6 heteroatoms. The number of nitrogens with one attached hydrogen (secondary N) is 1. The second-order valence-corrected chi connectivity index (χ2v) is 7.04. The van der Waals surface area contributed by atoms with Crippen LogP contribution in [0.15, 0.2) is 0 Å². The number of aliphatic hydroxyl groups excluding tert-OH is 1. The fourth-order valence-corrected chi connectivity index (χ4v) is 3.58. The van der Waals surface area contributed by atoms with Crippen molar-refractivity contribution < 1.29 is 14.6 Å². The van der Waals surface area contributed by atoms with Gasteiger partial charge in [0.1, 0.15) is 0 Å². The molecule has 0 amide bonds. The summed E-state index contributed by atoms with van der Waals surface area (Å²) in [7, 11) is 0. The minimum absolute atomic E-state index is 0. The Morgan fingerprint density at radius 1 is 1.32 bits per heavy atom. The van der Waals surface area contributed by atoms with Crippen molar-refractivity contribution in [3.63, 3.8) is 0 Å². The Bertz CT molecular complexity index is 548. The molecular formula is C19H33ClN2O3. The normalized spacial score (nSPS) is 20.6. The molecule has 1 saturated heterocycles. The maximum Gasteiger partial charge on any atom is 0.169 e. The lowest BCUT2D eigenvalue weighted by atomic mass is 9.83. The summed E-state index contributed by atoms with van der Waals surface area (Å²) in [5.74, 6) is 0.528. The highest BCUT2D eigenvalue weighted by atomic mass is 35.5. The first-order valence-corrected chi connectivity index (χ1v) is 9.16. The first-order chi connectivity index (χ1) is 11.4. The van der Waals surface area contributed by atoms with Gasteiger partial charge in [-0.15, -0.1) is 12.4 Å². The number of rotatable bonds is 3. The number of ether oxygens (including phenoxy) is 1. The Morgan fingerprint density at radius 2 is 1.92 bits per heavy atom. The first kappa shape index (κ1) is 22.2. The van der Waals surface area contributed by atoms with Crippen LogP contribution in [-0.4, -0.2) is 59.7 Å². The Hall–Kier alpha value is -0.880. The lowest BCUT2D eigenvalue weighted by molar-refractivity contribution is 0.0291. The van der Waals surface area contributed by atoms with Gasteiger partial charge in [0.15, 0.2) is 5.78 Å². The molecule has 1 aliphatic carbocycles. The summed E-state index contributed by atoms with van der Waals surface area (Å²) >= 11 is 0. The van der Waals surface area contributed by atoms with Crippen LogP contribution in [-0.2, 0) is 17.6 Å². The molecule has 1 aromatic rings. The van der Waals surface area contributed by atoms with Crippen molar-refractivity contribution in [1.29, 1.82) is 0 Å². The van der Waals surface area contributed by atoms with E-state index in [1.165, 1.54) is 17.0 Å². The molecule has 1 aliphatic heterocycles. The minimum Gasteiger partial charge on any atom is -0.394 e. The number of carbonyl (C=O) groups excluding carboxylic acids is 1. The standard InChI is InChI=1S/C16H24N2O2.C3H8O.ClH/c1-3-13-11(2)17-14-5-4-12(16(19)15(13)14)10-18-6-8-20-9-7-18;1-3(2)4;/h12,17H,3-10H2,1-2H3;3-4H,1-2H3;1H. The molecule has 1 aromatic heterocycles. The van der Waals surface area contributed by atoms with Crippen LogP contribution in [0.4, 0.5) is 0 Å². The second-order valence-electron chi connectivity index (χ2n) is 7.04. The number of fused-ring (bicyclic) bond motifs is 1. The zero-order valence-electron chi connectivity index (χ0n) is 15.9. The van der Waals surface area contributed by atoms with Crippen LogP contribution >= 0.6 is 12.4 Å². The molecule has 2 heterocycles. The molecular weight excluding hydrogens is 340 g/mol. The summed E-state index contributed by atoms with van der Waals surface area (Å²) < 4.78 is 5.38. The molecule has 0 saturated carbocycles. The Kier molecular flexibility index (Phi) is 9.14. The average Bonchev–Trinajstić information content (AvgIpc) is 2.87. The van der Waals surface area contributed by atoms with Crippen molar-refractivity contribution >= 4 is 18.2 Å². The van der Waals surface area contributed by atoms with Crippen LogP contribution in [0.3, 0.4) is 0 Å². The quantitative estimate of drug-likeness (QED) is 0.856. The number of aryl methyl sites for hydroxylation is 2. The molecule has 1 atom stereocenters. The lowest BCUT2D eigenvalue weighted by Crippen LogP contribution is -2.42. The van der Waals surface area contributed by atoms with Crippen molar-refractivity contribution in [2.24, 2.45) is 5.92 Å². The van der Waals surface area contributed by atoms with E-state index in [-0.39, 0.29) is 24.4 Å². The summed E-state index contributed by atoms with van der Waals surface area (Å²) in [6.45, 7) is 12.1. The van der Waals surface area contributed by atoms with Gasteiger partial charge in [-0.05, 0) is 45.6 Å². The Morgan fingerprint density at radius 3 is 2.48 bits per heavy atom. The van der Waals surface area contributed by atoms with Gasteiger partial charge in [0, 0.05) is 48.6 Å². The summed E-state index contributed by atoms with van der Waals surface area (Å²) in [4.78, 5) is 18.6. The number of H-pyrrole nitrogens is 1. The molecule has 2 aliphatic rings. The fraction of sp³-hybridized carbons (Fsp3) is 0.737. The maximum atomic E-state index is 12.8. The Labute approximate surface area is 157 Å². The van der Waals surface area contributed by atoms with E-state index >= 15 is 0 Å². The molecule has 0 bridgehead atoms. The monoisotopic (exact) mass is 372 g/mol. The molecule has 5 nitrogen and oxygen atoms in total.